The Balaban J connectivity index is 1.82. The number of phenols is 1. The quantitative estimate of drug-likeness (QED) is 0.596. The lowest BCUT2D eigenvalue weighted by Crippen LogP contribution is -2.45. The van der Waals surface area contributed by atoms with Crippen molar-refractivity contribution in [3.8, 4) is 11.5 Å². The van der Waals surface area contributed by atoms with E-state index in [9.17, 15) is 5.11 Å². The molecule has 1 aliphatic heterocycles. The molecule has 0 aromatic heterocycles. The zero-order valence-corrected chi connectivity index (χ0v) is 18.0. The van der Waals surface area contributed by atoms with Crippen molar-refractivity contribution in [3.63, 3.8) is 0 Å². The number of allylic oxidation sites excluding steroid dienone is 2. The molecule has 2 heteroatoms. The van der Waals surface area contributed by atoms with Crippen molar-refractivity contribution >= 4 is 0 Å². The third-order valence-electron chi connectivity index (χ3n) is 7.00. The van der Waals surface area contributed by atoms with Crippen LogP contribution in [0.5, 0.6) is 11.5 Å². The molecule has 2 aromatic carbocycles. The van der Waals surface area contributed by atoms with Gasteiger partial charge in [0.25, 0.3) is 0 Å². The maximum Gasteiger partial charge on any atom is 0.127 e. The zero-order chi connectivity index (χ0) is 20.3. The summed E-state index contributed by atoms with van der Waals surface area (Å²) < 4.78 is 6.51. The van der Waals surface area contributed by atoms with Crippen molar-refractivity contribution in [2.75, 3.05) is 0 Å². The molecule has 2 nitrogen and oxygen atoms in total. The molecule has 2 aliphatic rings. The molecule has 0 saturated heterocycles. The van der Waals surface area contributed by atoms with Crippen LogP contribution in [0.2, 0.25) is 0 Å². The lowest BCUT2D eigenvalue weighted by Gasteiger charge is -2.47. The molecule has 2 atom stereocenters. The van der Waals surface area contributed by atoms with Crippen molar-refractivity contribution < 1.29 is 9.84 Å². The van der Waals surface area contributed by atoms with Gasteiger partial charge in [0.2, 0.25) is 0 Å². The Labute approximate surface area is 169 Å². The highest BCUT2D eigenvalue weighted by atomic mass is 16.5. The molecule has 1 aliphatic carbocycles. The third kappa shape index (κ3) is 3.03. The minimum absolute atomic E-state index is 0.215. The Morgan fingerprint density at radius 3 is 2.39 bits per heavy atom. The van der Waals surface area contributed by atoms with E-state index in [0.717, 1.165) is 29.7 Å². The maximum atomic E-state index is 11.1. The molecule has 2 aromatic rings. The van der Waals surface area contributed by atoms with Gasteiger partial charge in [0.1, 0.15) is 17.1 Å². The van der Waals surface area contributed by atoms with Crippen LogP contribution in [-0.2, 0) is 5.41 Å². The number of rotatable bonds is 2. The summed E-state index contributed by atoms with van der Waals surface area (Å²) in [6.45, 7) is 13.1. The fourth-order valence-electron chi connectivity index (χ4n) is 5.06. The predicted molar refractivity (Wildman–Crippen MR) is 115 cm³/mol. The second kappa shape index (κ2) is 6.40. The predicted octanol–water partition coefficient (Wildman–Crippen LogP) is 6.64. The first kappa shape index (κ1) is 19.1. The molecule has 0 fully saturated rings. The Morgan fingerprint density at radius 2 is 1.71 bits per heavy atom. The van der Waals surface area contributed by atoms with Crippen LogP contribution in [0.1, 0.15) is 75.6 Å². The summed E-state index contributed by atoms with van der Waals surface area (Å²) in [6.07, 6.45) is 4.35. The lowest BCUT2D eigenvalue weighted by atomic mass is 9.66. The average Bonchev–Trinajstić information content (AvgIpc) is 2.60. The molecule has 1 N–H and O–H groups in total. The Kier molecular flexibility index (Phi) is 4.37. The first-order valence-corrected chi connectivity index (χ1v) is 10.4. The molecule has 0 radical (unpaired) electrons. The van der Waals surface area contributed by atoms with E-state index in [-0.39, 0.29) is 11.0 Å². The van der Waals surface area contributed by atoms with E-state index in [0.29, 0.717) is 17.6 Å². The molecule has 0 spiro atoms. The van der Waals surface area contributed by atoms with Crippen LogP contribution in [0.15, 0.2) is 48.0 Å². The maximum absolute atomic E-state index is 11.1. The molecule has 1 heterocycles. The number of hydrogen-bond donors (Lipinski definition) is 1. The molecule has 28 heavy (non-hydrogen) atoms. The molecule has 148 valence electrons. The molecule has 4 rings (SSSR count). The van der Waals surface area contributed by atoms with Gasteiger partial charge in [0, 0.05) is 22.8 Å². The number of phenolic OH excluding ortho intramolecular Hbond substituents is 1. The molecular formula is C26H32O2. The van der Waals surface area contributed by atoms with Gasteiger partial charge in [-0.3, -0.25) is 0 Å². The van der Waals surface area contributed by atoms with Gasteiger partial charge in [-0.15, -0.1) is 0 Å². The first-order chi connectivity index (χ1) is 13.1. The van der Waals surface area contributed by atoms with Gasteiger partial charge in [-0.05, 0) is 63.8 Å². The van der Waals surface area contributed by atoms with Gasteiger partial charge in [-0.2, -0.15) is 0 Å². The SMILES string of the molecule is CC1=CC[C@@H]2[C@@H](C1)c1c(O)cc(C(C)(C)c3ccc(C)cc3)cc1OC2(C)C. The number of aromatic hydroxyl groups is 1. The Morgan fingerprint density at radius 1 is 1.04 bits per heavy atom. The monoisotopic (exact) mass is 376 g/mol. The van der Waals surface area contributed by atoms with E-state index < -0.39 is 0 Å². The van der Waals surface area contributed by atoms with Gasteiger partial charge >= 0.3 is 0 Å². The van der Waals surface area contributed by atoms with Crippen LogP contribution in [0.4, 0.5) is 0 Å². The van der Waals surface area contributed by atoms with Crippen molar-refractivity contribution in [2.45, 2.75) is 71.3 Å². The highest BCUT2D eigenvalue weighted by Crippen LogP contribution is 2.55. The van der Waals surface area contributed by atoms with Crippen LogP contribution in [0, 0.1) is 12.8 Å². The fourth-order valence-corrected chi connectivity index (χ4v) is 5.06. The number of fused-ring (bicyclic) bond motifs is 3. The summed E-state index contributed by atoms with van der Waals surface area (Å²) in [5.41, 5.74) is 5.53. The largest absolute Gasteiger partial charge is 0.508 e. The summed E-state index contributed by atoms with van der Waals surface area (Å²) in [4.78, 5) is 0. The number of hydrogen-bond acceptors (Lipinski definition) is 2. The van der Waals surface area contributed by atoms with Gasteiger partial charge in [0.05, 0.1) is 0 Å². The minimum atomic E-state index is -0.242. The summed E-state index contributed by atoms with van der Waals surface area (Å²) in [5, 5.41) is 11.1. The average molecular weight is 377 g/mol. The normalized spacial score (nSPS) is 23.3. The lowest BCUT2D eigenvalue weighted by molar-refractivity contribution is 0.00745. The smallest absolute Gasteiger partial charge is 0.127 e. The summed E-state index contributed by atoms with van der Waals surface area (Å²) in [7, 11) is 0. The number of aryl methyl sites for hydroxylation is 1. The fraction of sp³-hybridized carbons (Fsp3) is 0.462. The Hall–Kier alpha value is -2.22. The third-order valence-corrected chi connectivity index (χ3v) is 7.00. The van der Waals surface area contributed by atoms with E-state index in [2.05, 4.69) is 78.0 Å². The van der Waals surface area contributed by atoms with Crippen molar-refractivity contribution in [2.24, 2.45) is 5.92 Å². The number of ether oxygens (including phenoxy) is 1. The first-order valence-electron chi connectivity index (χ1n) is 10.4. The summed E-state index contributed by atoms with van der Waals surface area (Å²) in [5.74, 6) is 1.95. The second-order valence-electron chi connectivity index (χ2n) is 9.81. The van der Waals surface area contributed by atoms with Crippen molar-refractivity contribution in [3.05, 3.63) is 70.3 Å². The van der Waals surface area contributed by atoms with Gasteiger partial charge in [-0.25, -0.2) is 0 Å². The highest BCUT2D eigenvalue weighted by molar-refractivity contribution is 5.55. The molecule has 0 amide bonds. The van der Waals surface area contributed by atoms with Gasteiger partial charge in [-0.1, -0.05) is 55.3 Å². The van der Waals surface area contributed by atoms with E-state index in [4.69, 9.17) is 4.74 Å². The molecule has 0 unspecified atom stereocenters. The molecule has 0 saturated carbocycles. The minimum Gasteiger partial charge on any atom is -0.508 e. The summed E-state index contributed by atoms with van der Waals surface area (Å²) in [6, 6.07) is 12.8. The van der Waals surface area contributed by atoms with Crippen LogP contribution in [-0.4, -0.2) is 10.7 Å². The van der Waals surface area contributed by atoms with E-state index >= 15 is 0 Å². The molecule has 0 bridgehead atoms. The van der Waals surface area contributed by atoms with Crippen molar-refractivity contribution in [1.82, 2.24) is 0 Å². The second-order valence-corrected chi connectivity index (χ2v) is 9.81. The molecular weight excluding hydrogens is 344 g/mol. The van der Waals surface area contributed by atoms with Gasteiger partial charge in [0.15, 0.2) is 0 Å². The van der Waals surface area contributed by atoms with Crippen LogP contribution in [0.25, 0.3) is 0 Å². The van der Waals surface area contributed by atoms with E-state index in [1.165, 1.54) is 16.7 Å². The van der Waals surface area contributed by atoms with Crippen LogP contribution < -0.4 is 4.74 Å². The highest BCUT2D eigenvalue weighted by Gasteiger charge is 2.46. The van der Waals surface area contributed by atoms with Gasteiger partial charge < -0.3 is 9.84 Å². The zero-order valence-electron chi connectivity index (χ0n) is 18.0. The van der Waals surface area contributed by atoms with E-state index in [1.807, 2.05) is 6.07 Å². The topological polar surface area (TPSA) is 29.5 Å². The van der Waals surface area contributed by atoms with Crippen LogP contribution >= 0.6 is 0 Å². The van der Waals surface area contributed by atoms with Crippen molar-refractivity contribution in [1.29, 1.82) is 0 Å². The Bertz CT molecular complexity index is 932. The summed E-state index contributed by atoms with van der Waals surface area (Å²) >= 11 is 0. The standard InChI is InChI=1S/C26H32O2/c1-16-7-10-18(11-8-16)25(3,4)19-14-22(27)24-20-13-17(2)9-12-21(20)26(5,6)28-23(24)15-19/h7-11,14-15,20-21,27H,12-13H2,1-6H3/t20-,21-/m1/s1. The number of benzene rings is 2. The van der Waals surface area contributed by atoms with E-state index in [1.54, 1.807) is 0 Å². The van der Waals surface area contributed by atoms with Crippen LogP contribution in [0.3, 0.4) is 0 Å².